The Hall–Kier alpha value is -5.79. The Balaban J connectivity index is 1.45. The van der Waals surface area contributed by atoms with E-state index in [1.807, 2.05) is 97.1 Å². The van der Waals surface area contributed by atoms with Crippen LogP contribution in [-0.4, -0.2) is 59.0 Å². The normalized spacial score (nSPS) is 20.0. The molecule has 1 N–H and O–H groups in total. The molecule has 0 radical (unpaired) electrons. The monoisotopic (exact) mass is 767 g/mol. The predicted molar refractivity (Wildman–Crippen MR) is 216 cm³/mol. The van der Waals surface area contributed by atoms with E-state index < -0.39 is 45.4 Å². The fourth-order valence-electron chi connectivity index (χ4n) is 7.29. The molecular weight excluding hydrogens is 723 g/mol. The lowest BCUT2D eigenvalue weighted by Crippen LogP contribution is -2.61. The summed E-state index contributed by atoms with van der Waals surface area (Å²) in [7, 11) is -1.36. The smallest absolute Gasteiger partial charge is 0.303 e. The number of nitrogens with one attached hydrogen (secondary N) is 1. The molecule has 1 aliphatic rings. The van der Waals surface area contributed by atoms with E-state index in [1.165, 1.54) is 13.3 Å². The van der Waals surface area contributed by atoms with E-state index in [1.54, 1.807) is 41.2 Å². The summed E-state index contributed by atoms with van der Waals surface area (Å²) in [5, 5.41) is 2.72. The van der Waals surface area contributed by atoms with Crippen molar-refractivity contribution in [1.29, 1.82) is 0 Å². The second kappa shape index (κ2) is 16.1. The molecule has 4 unspecified atom stereocenters. The van der Waals surface area contributed by atoms with Crippen LogP contribution in [0.3, 0.4) is 0 Å². The standard InChI is InChI=1S/C44H45N5O6Si/c1-6-43(44(55-56-42(3,4)5,33-23-15-9-16-24-33)34-25-17-10-18-26-34)37(52-27-31-19-11-7-12-20-31)36(53-30(2)50)41(54-43)49-29-47-35-38(45-28-46-39(35)49)48-40(51)32-21-13-8-14-22-32/h6-26,28-29,36-37,41H,1,27,56H2,2-5H3,(H,45,46,48,51). The van der Waals surface area contributed by atoms with Crippen LogP contribution >= 0.6 is 0 Å². The maximum absolute atomic E-state index is 13.2. The zero-order valence-corrected chi connectivity index (χ0v) is 33.3. The molecule has 1 fully saturated rings. The van der Waals surface area contributed by atoms with Crippen molar-refractivity contribution in [2.24, 2.45) is 0 Å². The highest BCUT2D eigenvalue weighted by molar-refractivity contribution is 6.32. The number of anilines is 1. The molecule has 0 spiro atoms. The fourth-order valence-corrected chi connectivity index (χ4v) is 8.50. The third kappa shape index (κ3) is 7.43. The van der Waals surface area contributed by atoms with Gasteiger partial charge in [0.15, 0.2) is 44.7 Å². The molecule has 1 amide bonds. The minimum absolute atomic E-state index is 0.150. The van der Waals surface area contributed by atoms with Gasteiger partial charge in [-0.05, 0) is 33.9 Å². The van der Waals surface area contributed by atoms with Crippen LogP contribution in [0.2, 0.25) is 5.04 Å². The quantitative estimate of drug-likeness (QED) is 0.0732. The summed E-state index contributed by atoms with van der Waals surface area (Å²) in [5.41, 5.74) is 0.733. The van der Waals surface area contributed by atoms with Crippen LogP contribution in [-0.2, 0) is 35.6 Å². The Kier molecular flexibility index (Phi) is 11.1. The number of benzene rings is 4. The molecule has 0 aliphatic carbocycles. The van der Waals surface area contributed by atoms with Gasteiger partial charge < -0.3 is 24.0 Å². The van der Waals surface area contributed by atoms with Crippen molar-refractivity contribution in [3.8, 4) is 0 Å². The van der Waals surface area contributed by atoms with Gasteiger partial charge in [0.1, 0.15) is 18.0 Å². The summed E-state index contributed by atoms with van der Waals surface area (Å²) >= 11 is 0. The summed E-state index contributed by atoms with van der Waals surface area (Å²) in [5.74, 6) is -0.689. The lowest BCUT2D eigenvalue weighted by molar-refractivity contribution is -0.177. The van der Waals surface area contributed by atoms with Crippen LogP contribution in [0.25, 0.3) is 11.2 Å². The number of carbonyl (C=O) groups is 2. The molecule has 286 valence electrons. The minimum atomic E-state index is -1.54. The number of ether oxygens (including phenoxy) is 3. The predicted octanol–water partition coefficient (Wildman–Crippen LogP) is 7.31. The van der Waals surface area contributed by atoms with Gasteiger partial charge in [-0.15, -0.1) is 0 Å². The molecule has 3 heterocycles. The first-order valence-corrected chi connectivity index (χ1v) is 19.8. The van der Waals surface area contributed by atoms with Gasteiger partial charge in [0.2, 0.25) is 0 Å². The van der Waals surface area contributed by atoms with Crippen LogP contribution in [0.4, 0.5) is 5.82 Å². The van der Waals surface area contributed by atoms with Gasteiger partial charge in [-0.2, -0.15) is 0 Å². The molecule has 0 saturated carbocycles. The van der Waals surface area contributed by atoms with Crippen LogP contribution in [0.15, 0.2) is 147 Å². The van der Waals surface area contributed by atoms with E-state index in [-0.39, 0.29) is 23.4 Å². The van der Waals surface area contributed by atoms with Crippen molar-refractivity contribution in [1.82, 2.24) is 19.5 Å². The summed E-state index contributed by atoms with van der Waals surface area (Å²) in [6.45, 7) is 12.4. The molecule has 4 aromatic carbocycles. The molecule has 2 aromatic heterocycles. The Bertz CT molecular complexity index is 2250. The van der Waals surface area contributed by atoms with Crippen molar-refractivity contribution in [2.45, 2.75) is 69.0 Å². The van der Waals surface area contributed by atoms with Crippen molar-refractivity contribution in [3.05, 3.63) is 169 Å². The summed E-state index contributed by atoms with van der Waals surface area (Å²) in [6, 6.07) is 38.4. The van der Waals surface area contributed by atoms with Crippen LogP contribution in [0.5, 0.6) is 0 Å². The molecule has 6 aromatic rings. The second-order valence-electron chi connectivity index (χ2n) is 14.9. The second-order valence-corrected chi connectivity index (χ2v) is 17.6. The highest BCUT2D eigenvalue weighted by Crippen LogP contribution is 2.56. The van der Waals surface area contributed by atoms with Crippen molar-refractivity contribution in [2.75, 3.05) is 5.32 Å². The number of hydrogen-bond donors (Lipinski definition) is 1. The maximum Gasteiger partial charge on any atom is 0.303 e. The van der Waals surface area contributed by atoms with E-state index in [2.05, 4.69) is 47.6 Å². The fraction of sp³-hybridized carbons (Fsp3) is 0.250. The zero-order chi connectivity index (χ0) is 39.3. The summed E-state index contributed by atoms with van der Waals surface area (Å²) in [4.78, 5) is 40.1. The maximum atomic E-state index is 13.2. The molecule has 12 heteroatoms. The van der Waals surface area contributed by atoms with Crippen molar-refractivity contribution < 1.29 is 28.2 Å². The third-order valence-corrected chi connectivity index (χ3v) is 11.2. The number of hydrogen-bond acceptors (Lipinski definition) is 9. The first kappa shape index (κ1) is 38.5. The number of esters is 1. The summed E-state index contributed by atoms with van der Waals surface area (Å²) in [6.07, 6.45) is 1.48. The summed E-state index contributed by atoms with van der Waals surface area (Å²) < 4.78 is 29.9. The average Bonchev–Trinajstić information content (AvgIpc) is 3.78. The van der Waals surface area contributed by atoms with Crippen molar-refractivity contribution in [3.63, 3.8) is 0 Å². The number of imidazole rings is 1. The topological polar surface area (TPSA) is 127 Å². The van der Waals surface area contributed by atoms with Gasteiger partial charge in [-0.3, -0.25) is 14.2 Å². The lowest BCUT2D eigenvalue weighted by Gasteiger charge is -2.50. The van der Waals surface area contributed by atoms with Gasteiger partial charge >= 0.3 is 5.97 Å². The average molecular weight is 768 g/mol. The first-order valence-electron chi connectivity index (χ1n) is 18.5. The Morgan fingerprint density at radius 3 is 2.04 bits per heavy atom. The Morgan fingerprint density at radius 2 is 1.46 bits per heavy atom. The van der Waals surface area contributed by atoms with Gasteiger partial charge in [0, 0.05) is 12.5 Å². The van der Waals surface area contributed by atoms with E-state index >= 15 is 0 Å². The number of aromatic nitrogens is 4. The molecule has 7 rings (SSSR count). The zero-order valence-electron chi connectivity index (χ0n) is 31.9. The molecule has 11 nitrogen and oxygen atoms in total. The first-order chi connectivity index (χ1) is 27.1. The molecular formula is C44H45N5O6Si. The van der Waals surface area contributed by atoms with Gasteiger partial charge in [0.05, 0.1) is 12.9 Å². The van der Waals surface area contributed by atoms with Crippen LogP contribution in [0, 0.1) is 0 Å². The van der Waals surface area contributed by atoms with Crippen molar-refractivity contribution >= 4 is 38.6 Å². The highest BCUT2D eigenvalue weighted by Gasteiger charge is 2.68. The molecule has 56 heavy (non-hydrogen) atoms. The van der Waals surface area contributed by atoms with Gasteiger partial charge in [0.25, 0.3) is 5.91 Å². The Labute approximate surface area is 328 Å². The number of carbonyl (C=O) groups excluding carboxylic acids is 2. The highest BCUT2D eigenvalue weighted by atomic mass is 28.2. The van der Waals surface area contributed by atoms with Crippen LogP contribution < -0.4 is 5.32 Å². The lowest BCUT2D eigenvalue weighted by atomic mass is 9.69. The van der Waals surface area contributed by atoms with E-state index in [0.717, 1.165) is 16.7 Å². The minimum Gasteiger partial charge on any atom is -0.455 e. The number of amides is 1. The van der Waals surface area contributed by atoms with Gasteiger partial charge in [-0.1, -0.05) is 143 Å². The molecule has 0 bridgehead atoms. The van der Waals surface area contributed by atoms with E-state index in [9.17, 15) is 9.59 Å². The molecule has 1 saturated heterocycles. The molecule has 4 atom stereocenters. The third-order valence-electron chi connectivity index (χ3n) is 9.73. The number of nitrogens with zero attached hydrogens (tertiary/aromatic N) is 4. The largest absolute Gasteiger partial charge is 0.455 e. The molecule has 1 aliphatic heterocycles. The Morgan fingerprint density at radius 1 is 0.875 bits per heavy atom. The number of rotatable bonds is 13. The van der Waals surface area contributed by atoms with E-state index in [4.69, 9.17) is 18.6 Å². The van der Waals surface area contributed by atoms with Crippen LogP contribution in [0.1, 0.15) is 61.0 Å². The SMILES string of the molecule is C=CC1(C(O[SiH2]C(C)(C)C)(c2ccccc2)c2ccccc2)OC(n2cnc3c(NC(=O)c4ccccc4)ncnc32)C(OC(C)=O)C1OCc1ccccc1. The van der Waals surface area contributed by atoms with Gasteiger partial charge in [-0.25, -0.2) is 15.0 Å². The van der Waals surface area contributed by atoms with E-state index in [0.29, 0.717) is 16.7 Å². The number of fused-ring (bicyclic) bond motifs is 1.